The lowest BCUT2D eigenvalue weighted by Crippen LogP contribution is -2.43. The molecule has 0 spiro atoms. The molecule has 2 unspecified atom stereocenters. The second-order valence-electron chi connectivity index (χ2n) is 5.19. The highest BCUT2D eigenvalue weighted by Crippen LogP contribution is 2.22. The van der Waals surface area contributed by atoms with Crippen molar-refractivity contribution in [3.05, 3.63) is 35.9 Å². The Labute approximate surface area is 109 Å². The summed E-state index contributed by atoms with van der Waals surface area (Å²) in [4.78, 5) is 14.2. The Morgan fingerprint density at radius 3 is 2.78 bits per heavy atom. The van der Waals surface area contributed by atoms with Gasteiger partial charge in [0, 0.05) is 19.5 Å². The Bertz CT molecular complexity index is 391. The summed E-state index contributed by atoms with van der Waals surface area (Å²) >= 11 is 0. The molecule has 1 fully saturated rings. The number of benzene rings is 1. The molecule has 3 heteroatoms. The van der Waals surface area contributed by atoms with Gasteiger partial charge >= 0.3 is 0 Å². The van der Waals surface area contributed by atoms with Crippen LogP contribution in [0.4, 0.5) is 0 Å². The standard InChI is InChI=1S/C15H22N2O/c1-12-10-16-9-8-15(18)17(11-12)13(2)14-6-4-3-5-7-14/h3-7,12-13,16H,8-11H2,1-2H3. The molecular formula is C15H22N2O. The Hall–Kier alpha value is -1.35. The SMILES string of the molecule is CC1CNCCC(=O)N(C(C)c2ccccc2)C1. The lowest BCUT2D eigenvalue weighted by Gasteiger charge is -2.34. The van der Waals surface area contributed by atoms with Gasteiger partial charge in [-0.25, -0.2) is 0 Å². The van der Waals surface area contributed by atoms with E-state index >= 15 is 0 Å². The summed E-state index contributed by atoms with van der Waals surface area (Å²) in [6.45, 7) is 6.93. The molecule has 2 atom stereocenters. The van der Waals surface area contributed by atoms with Crippen molar-refractivity contribution in [1.82, 2.24) is 10.2 Å². The molecule has 0 aromatic heterocycles. The fourth-order valence-corrected chi connectivity index (χ4v) is 2.48. The van der Waals surface area contributed by atoms with Gasteiger partial charge in [0.15, 0.2) is 0 Å². The molecule has 1 N–H and O–H groups in total. The minimum absolute atomic E-state index is 0.166. The first kappa shape index (κ1) is 13.1. The Morgan fingerprint density at radius 2 is 2.06 bits per heavy atom. The predicted octanol–water partition coefficient (Wildman–Crippen LogP) is 2.21. The zero-order valence-electron chi connectivity index (χ0n) is 11.2. The summed E-state index contributed by atoms with van der Waals surface area (Å²) < 4.78 is 0. The largest absolute Gasteiger partial charge is 0.336 e. The molecule has 98 valence electrons. The summed E-state index contributed by atoms with van der Waals surface area (Å²) in [6.07, 6.45) is 0.601. The quantitative estimate of drug-likeness (QED) is 0.867. The fourth-order valence-electron chi connectivity index (χ4n) is 2.48. The van der Waals surface area contributed by atoms with Gasteiger partial charge in [-0.2, -0.15) is 0 Å². The van der Waals surface area contributed by atoms with E-state index in [0.717, 1.165) is 19.6 Å². The highest BCUT2D eigenvalue weighted by atomic mass is 16.2. The number of amides is 1. The minimum atomic E-state index is 0.166. The molecule has 3 nitrogen and oxygen atoms in total. The molecular weight excluding hydrogens is 224 g/mol. The smallest absolute Gasteiger partial charge is 0.224 e. The summed E-state index contributed by atoms with van der Waals surface area (Å²) in [6, 6.07) is 10.4. The van der Waals surface area contributed by atoms with Crippen LogP contribution >= 0.6 is 0 Å². The molecule has 1 heterocycles. The maximum absolute atomic E-state index is 12.2. The molecule has 0 bridgehead atoms. The first-order valence-electron chi connectivity index (χ1n) is 6.73. The van der Waals surface area contributed by atoms with Gasteiger partial charge in [0.2, 0.25) is 5.91 Å². The molecule has 1 aromatic carbocycles. The predicted molar refractivity (Wildman–Crippen MR) is 73.2 cm³/mol. The van der Waals surface area contributed by atoms with Crippen molar-refractivity contribution >= 4 is 5.91 Å². The van der Waals surface area contributed by atoms with Crippen LogP contribution < -0.4 is 5.32 Å². The van der Waals surface area contributed by atoms with Crippen LogP contribution in [0.5, 0.6) is 0 Å². The molecule has 18 heavy (non-hydrogen) atoms. The highest BCUT2D eigenvalue weighted by molar-refractivity contribution is 5.77. The summed E-state index contributed by atoms with van der Waals surface area (Å²) in [5, 5.41) is 3.32. The van der Waals surface area contributed by atoms with Gasteiger partial charge in [0.1, 0.15) is 0 Å². The second-order valence-corrected chi connectivity index (χ2v) is 5.19. The third kappa shape index (κ3) is 3.10. The summed E-state index contributed by atoms with van der Waals surface area (Å²) in [5.41, 5.74) is 1.21. The van der Waals surface area contributed by atoms with Crippen molar-refractivity contribution in [2.24, 2.45) is 5.92 Å². The average Bonchev–Trinajstić information content (AvgIpc) is 2.39. The van der Waals surface area contributed by atoms with Gasteiger partial charge in [-0.3, -0.25) is 4.79 Å². The first-order valence-corrected chi connectivity index (χ1v) is 6.73. The van der Waals surface area contributed by atoms with Crippen LogP contribution in [0.15, 0.2) is 30.3 Å². The van der Waals surface area contributed by atoms with Crippen LogP contribution in [-0.4, -0.2) is 30.4 Å². The van der Waals surface area contributed by atoms with Crippen LogP contribution in [0.2, 0.25) is 0 Å². The average molecular weight is 246 g/mol. The number of hydrogen-bond donors (Lipinski definition) is 1. The normalized spacial score (nSPS) is 23.3. The van der Waals surface area contributed by atoms with Crippen LogP contribution in [0.25, 0.3) is 0 Å². The molecule has 1 aliphatic heterocycles. The van der Waals surface area contributed by atoms with E-state index in [4.69, 9.17) is 0 Å². The van der Waals surface area contributed by atoms with Crippen LogP contribution in [0.1, 0.15) is 31.9 Å². The first-order chi connectivity index (χ1) is 8.68. The van der Waals surface area contributed by atoms with Crippen molar-refractivity contribution in [3.63, 3.8) is 0 Å². The number of nitrogens with zero attached hydrogens (tertiary/aromatic N) is 1. The maximum atomic E-state index is 12.2. The van der Waals surface area contributed by atoms with E-state index in [2.05, 4.69) is 31.3 Å². The van der Waals surface area contributed by atoms with E-state index in [9.17, 15) is 4.79 Å². The molecule has 1 amide bonds. The summed E-state index contributed by atoms with van der Waals surface area (Å²) in [7, 11) is 0. The lowest BCUT2D eigenvalue weighted by molar-refractivity contribution is -0.134. The van der Waals surface area contributed by atoms with Crippen LogP contribution in [0.3, 0.4) is 0 Å². The molecule has 0 aliphatic carbocycles. The van der Waals surface area contributed by atoms with Gasteiger partial charge in [-0.15, -0.1) is 0 Å². The molecule has 1 aromatic rings. The van der Waals surface area contributed by atoms with Crippen molar-refractivity contribution in [1.29, 1.82) is 0 Å². The number of hydrogen-bond acceptors (Lipinski definition) is 2. The van der Waals surface area contributed by atoms with Crippen molar-refractivity contribution in [2.75, 3.05) is 19.6 Å². The van der Waals surface area contributed by atoms with Crippen molar-refractivity contribution in [2.45, 2.75) is 26.3 Å². The van der Waals surface area contributed by atoms with Gasteiger partial charge < -0.3 is 10.2 Å². The van der Waals surface area contributed by atoms with E-state index < -0.39 is 0 Å². The highest BCUT2D eigenvalue weighted by Gasteiger charge is 2.24. The van der Waals surface area contributed by atoms with Gasteiger partial charge in [-0.1, -0.05) is 37.3 Å². The molecule has 2 rings (SSSR count). The van der Waals surface area contributed by atoms with Crippen LogP contribution in [0, 0.1) is 5.92 Å². The lowest BCUT2D eigenvalue weighted by atomic mass is 10.0. The van der Waals surface area contributed by atoms with Crippen molar-refractivity contribution in [3.8, 4) is 0 Å². The maximum Gasteiger partial charge on any atom is 0.224 e. The number of nitrogens with one attached hydrogen (secondary N) is 1. The van der Waals surface area contributed by atoms with Crippen LogP contribution in [-0.2, 0) is 4.79 Å². The zero-order chi connectivity index (χ0) is 13.0. The van der Waals surface area contributed by atoms with E-state index in [1.807, 2.05) is 23.1 Å². The number of carbonyl (C=O) groups excluding carboxylic acids is 1. The van der Waals surface area contributed by atoms with E-state index in [-0.39, 0.29) is 11.9 Å². The molecule has 1 aliphatic rings. The number of carbonyl (C=O) groups is 1. The second kappa shape index (κ2) is 6.01. The third-order valence-electron chi connectivity index (χ3n) is 3.59. The third-order valence-corrected chi connectivity index (χ3v) is 3.59. The Balaban J connectivity index is 2.15. The topological polar surface area (TPSA) is 32.3 Å². The molecule has 1 saturated heterocycles. The minimum Gasteiger partial charge on any atom is -0.336 e. The van der Waals surface area contributed by atoms with E-state index in [1.165, 1.54) is 5.56 Å². The van der Waals surface area contributed by atoms with Crippen molar-refractivity contribution < 1.29 is 4.79 Å². The summed E-state index contributed by atoms with van der Waals surface area (Å²) in [5.74, 6) is 0.755. The van der Waals surface area contributed by atoms with Gasteiger partial charge in [0.25, 0.3) is 0 Å². The van der Waals surface area contributed by atoms with E-state index in [0.29, 0.717) is 12.3 Å². The van der Waals surface area contributed by atoms with E-state index in [1.54, 1.807) is 0 Å². The van der Waals surface area contributed by atoms with Gasteiger partial charge in [0.05, 0.1) is 6.04 Å². The molecule has 0 saturated carbocycles. The number of rotatable bonds is 2. The molecule has 0 radical (unpaired) electrons. The monoisotopic (exact) mass is 246 g/mol. The van der Waals surface area contributed by atoms with Gasteiger partial charge in [-0.05, 0) is 24.9 Å². The Morgan fingerprint density at radius 1 is 1.33 bits per heavy atom. The Kier molecular flexibility index (Phi) is 4.37. The zero-order valence-corrected chi connectivity index (χ0v) is 11.2. The fraction of sp³-hybridized carbons (Fsp3) is 0.533.